The molecule has 1 N–H and O–H groups in total. The summed E-state index contributed by atoms with van der Waals surface area (Å²) in [4.78, 5) is 18.0. The fraction of sp³-hybridized carbons (Fsp3) is 0.375. The number of fused-ring (bicyclic) bond motifs is 1. The third-order valence-electron chi connectivity index (χ3n) is 4.03. The molecular formula is C16H18N2O2. The maximum absolute atomic E-state index is 11.5. The van der Waals surface area contributed by atoms with E-state index in [1.165, 1.54) is 0 Å². The molecule has 0 spiro atoms. The van der Waals surface area contributed by atoms with Crippen LogP contribution >= 0.6 is 0 Å². The summed E-state index contributed by atoms with van der Waals surface area (Å²) in [5.41, 5.74) is 0.910. The Morgan fingerprint density at radius 3 is 2.90 bits per heavy atom. The van der Waals surface area contributed by atoms with Gasteiger partial charge in [-0.2, -0.15) is 0 Å². The first-order valence-corrected chi connectivity index (χ1v) is 7.00. The molecule has 2 heterocycles. The van der Waals surface area contributed by atoms with E-state index in [2.05, 4.69) is 11.9 Å². The summed E-state index contributed by atoms with van der Waals surface area (Å²) in [6.07, 6.45) is 1.70. The van der Waals surface area contributed by atoms with Gasteiger partial charge in [0, 0.05) is 11.9 Å². The first kappa shape index (κ1) is 12.9. The highest BCUT2D eigenvalue weighted by Crippen LogP contribution is 2.28. The minimum absolute atomic E-state index is 0.452. The first-order chi connectivity index (χ1) is 9.65. The maximum Gasteiger partial charge on any atom is 0.326 e. The van der Waals surface area contributed by atoms with E-state index >= 15 is 0 Å². The van der Waals surface area contributed by atoms with Crippen molar-refractivity contribution in [3.05, 3.63) is 36.4 Å². The highest BCUT2D eigenvalue weighted by Gasteiger charge is 2.32. The van der Waals surface area contributed by atoms with E-state index in [-0.39, 0.29) is 0 Å². The molecule has 0 bridgehead atoms. The standard InChI is InChI=1S/C16H18N2O2/c1-11-8-9-18(14(10-11)16(19)20)15-7-6-12-4-2-3-5-13(12)17-15/h2-7,11,14H,8-10H2,1H3,(H,19,20). The molecule has 1 saturated heterocycles. The summed E-state index contributed by atoms with van der Waals surface area (Å²) in [6.45, 7) is 2.87. The fourth-order valence-corrected chi connectivity index (χ4v) is 2.87. The van der Waals surface area contributed by atoms with Crippen molar-refractivity contribution in [1.29, 1.82) is 0 Å². The topological polar surface area (TPSA) is 53.4 Å². The smallest absolute Gasteiger partial charge is 0.326 e. The summed E-state index contributed by atoms with van der Waals surface area (Å²) >= 11 is 0. The van der Waals surface area contributed by atoms with E-state index < -0.39 is 12.0 Å². The molecule has 104 valence electrons. The summed E-state index contributed by atoms with van der Waals surface area (Å²) in [5.74, 6) is 0.460. The van der Waals surface area contributed by atoms with E-state index in [9.17, 15) is 9.90 Å². The highest BCUT2D eigenvalue weighted by atomic mass is 16.4. The summed E-state index contributed by atoms with van der Waals surface area (Å²) < 4.78 is 0. The second-order valence-electron chi connectivity index (χ2n) is 5.54. The second-order valence-corrected chi connectivity index (χ2v) is 5.54. The molecule has 2 unspecified atom stereocenters. The molecule has 1 aliphatic heterocycles. The fourth-order valence-electron chi connectivity index (χ4n) is 2.87. The molecule has 0 saturated carbocycles. The van der Waals surface area contributed by atoms with Gasteiger partial charge in [0.05, 0.1) is 5.52 Å². The summed E-state index contributed by atoms with van der Waals surface area (Å²) in [7, 11) is 0. The summed E-state index contributed by atoms with van der Waals surface area (Å²) in [6, 6.07) is 11.4. The number of rotatable bonds is 2. The molecule has 2 atom stereocenters. The third kappa shape index (κ3) is 2.33. The van der Waals surface area contributed by atoms with Crippen molar-refractivity contribution in [2.45, 2.75) is 25.8 Å². The van der Waals surface area contributed by atoms with E-state index in [1.54, 1.807) is 0 Å². The van der Waals surface area contributed by atoms with Gasteiger partial charge in [-0.05, 0) is 37.0 Å². The van der Waals surface area contributed by atoms with Crippen LogP contribution in [-0.4, -0.2) is 28.6 Å². The Morgan fingerprint density at radius 2 is 2.10 bits per heavy atom. The van der Waals surface area contributed by atoms with Gasteiger partial charge in [-0.3, -0.25) is 0 Å². The number of nitrogens with zero attached hydrogens (tertiary/aromatic N) is 2. The lowest BCUT2D eigenvalue weighted by Crippen LogP contribution is -2.47. The summed E-state index contributed by atoms with van der Waals surface area (Å²) in [5, 5.41) is 10.5. The Balaban J connectivity index is 1.97. The zero-order valence-corrected chi connectivity index (χ0v) is 11.5. The molecule has 1 fully saturated rings. The molecule has 2 aromatic rings. The predicted molar refractivity (Wildman–Crippen MR) is 78.9 cm³/mol. The average molecular weight is 270 g/mol. The van der Waals surface area contributed by atoms with E-state index in [4.69, 9.17) is 0 Å². The minimum atomic E-state index is -0.758. The molecule has 1 aromatic carbocycles. The monoisotopic (exact) mass is 270 g/mol. The quantitative estimate of drug-likeness (QED) is 0.911. The van der Waals surface area contributed by atoms with Gasteiger partial charge in [0.2, 0.25) is 0 Å². The van der Waals surface area contributed by atoms with Gasteiger partial charge in [0.15, 0.2) is 0 Å². The number of carboxylic acids is 1. The molecule has 3 rings (SSSR count). The van der Waals surface area contributed by atoms with Gasteiger partial charge in [-0.15, -0.1) is 0 Å². The Kier molecular flexibility index (Phi) is 3.30. The van der Waals surface area contributed by atoms with Crippen molar-refractivity contribution < 1.29 is 9.90 Å². The van der Waals surface area contributed by atoms with Crippen molar-refractivity contribution >= 4 is 22.7 Å². The lowest BCUT2D eigenvalue weighted by molar-refractivity contribution is -0.139. The average Bonchev–Trinajstić information content (AvgIpc) is 2.46. The molecule has 20 heavy (non-hydrogen) atoms. The Hall–Kier alpha value is -2.10. The molecule has 4 heteroatoms. The van der Waals surface area contributed by atoms with Gasteiger partial charge in [0.25, 0.3) is 0 Å². The molecular weight excluding hydrogens is 252 g/mol. The van der Waals surface area contributed by atoms with Gasteiger partial charge in [-0.1, -0.05) is 25.1 Å². The molecule has 1 aliphatic rings. The van der Waals surface area contributed by atoms with Gasteiger partial charge < -0.3 is 10.0 Å². The SMILES string of the molecule is CC1CCN(c2ccc3ccccc3n2)C(C(=O)O)C1. The predicted octanol–water partition coefficient (Wildman–Crippen LogP) is 2.92. The number of benzene rings is 1. The van der Waals surface area contributed by atoms with Crippen LogP contribution in [0.15, 0.2) is 36.4 Å². The van der Waals surface area contributed by atoms with Gasteiger partial charge >= 0.3 is 5.97 Å². The number of anilines is 1. The van der Waals surface area contributed by atoms with Crippen LogP contribution in [-0.2, 0) is 4.79 Å². The van der Waals surface area contributed by atoms with Crippen LogP contribution in [0.1, 0.15) is 19.8 Å². The Labute approximate surface area is 118 Å². The van der Waals surface area contributed by atoms with Crippen LogP contribution in [0.5, 0.6) is 0 Å². The van der Waals surface area contributed by atoms with Crippen molar-refractivity contribution in [1.82, 2.24) is 4.98 Å². The first-order valence-electron chi connectivity index (χ1n) is 7.00. The number of piperidine rings is 1. The number of para-hydroxylation sites is 1. The van der Waals surface area contributed by atoms with E-state index in [0.717, 1.165) is 29.7 Å². The van der Waals surface area contributed by atoms with Crippen molar-refractivity contribution in [2.75, 3.05) is 11.4 Å². The van der Waals surface area contributed by atoms with Crippen LogP contribution in [0.2, 0.25) is 0 Å². The number of pyridine rings is 1. The normalized spacial score (nSPS) is 22.9. The van der Waals surface area contributed by atoms with Crippen LogP contribution in [0.25, 0.3) is 10.9 Å². The highest BCUT2D eigenvalue weighted by molar-refractivity contribution is 5.82. The molecule has 4 nitrogen and oxygen atoms in total. The zero-order valence-electron chi connectivity index (χ0n) is 11.5. The molecule has 0 amide bonds. The van der Waals surface area contributed by atoms with Crippen LogP contribution in [0.4, 0.5) is 5.82 Å². The Bertz CT molecular complexity index is 641. The molecule has 0 aliphatic carbocycles. The van der Waals surface area contributed by atoms with Crippen LogP contribution in [0.3, 0.4) is 0 Å². The number of aliphatic carboxylic acids is 1. The Morgan fingerprint density at radius 1 is 1.30 bits per heavy atom. The maximum atomic E-state index is 11.5. The number of carbonyl (C=O) groups is 1. The number of aromatic nitrogens is 1. The van der Waals surface area contributed by atoms with Crippen molar-refractivity contribution in [3.63, 3.8) is 0 Å². The van der Waals surface area contributed by atoms with Gasteiger partial charge in [0.1, 0.15) is 11.9 Å². The third-order valence-corrected chi connectivity index (χ3v) is 4.03. The van der Waals surface area contributed by atoms with Crippen LogP contribution < -0.4 is 4.90 Å². The number of hydrogen-bond donors (Lipinski definition) is 1. The zero-order chi connectivity index (χ0) is 14.1. The lowest BCUT2D eigenvalue weighted by Gasteiger charge is -2.36. The lowest BCUT2D eigenvalue weighted by atomic mass is 9.92. The van der Waals surface area contributed by atoms with E-state index in [0.29, 0.717) is 12.3 Å². The van der Waals surface area contributed by atoms with E-state index in [1.807, 2.05) is 41.3 Å². The van der Waals surface area contributed by atoms with Crippen LogP contribution in [0, 0.1) is 5.92 Å². The van der Waals surface area contributed by atoms with Crippen molar-refractivity contribution in [2.24, 2.45) is 5.92 Å². The second kappa shape index (κ2) is 5.12. The molecule has 1 aromatic heterocycles. The van der Waals surface area contributed by atoms with Gasteiger partial charge in [-0.25, -0.2) is 9.78 Å². The number of carboxylic acid groups (broad SMARTS) is 1. The van der Waals surface area contributed by atoms with Crippen molar-refractivity contribution in [3.8, 4) is 0 Å². The largest absolute Gasteiger partial charge is 0.480 e. The molecule has 0 radical (unpaired) electrons. The number of hydrogen-bond acceptors (Lipinski definition) is 3. The minimum Gasteiger partial charge on any atom is -0.480 e.